The van der Waals surface area contributed by atoms with Crippen LogP contribution in [0.5, 0.6) is 0 Å². The summed E-state index contributed by atoms with van der Waals surface area (Å²) in [5.74, 6) is -0.346. The summed E-state index contributed by atoms with van der Waals surface area (Å²) in [6, 6.07) is 3.55. The molecule has 0 aliphatic carbocycles. The van der Waals surface area contributed by atoms with Gasteiger partial charge in [0.25, 0.3) is 5.91 Å². The molecule has 108 valence electrons. The van der Waals surface area contributed by atoms with Gasteiger partial charge in [0.15, 0.2) is 0 Å². The predicted molar refractivity (Wildman–Crippen MR) is 69.9 cm³/mol. The zero-order valence-corrected chi connectivity index (χ0v) is 11.4. The van der Waals surface area contributed by atoms with Gasteiger partial charge >= 0.3 is 6.18 Å². The molecule has 0 aliphatic rings. The number of halogens is 3. The highest BCUT2D eigenvalue weighted by Crippen LogP contribution is 2.20. The number of nitrogens with one attached hydrogen (secondary N) is 1. The second kappa shape index (κ2) is 5.66. The first kappa shape index (κ1) is 14.6. The number of amides is 1. The Morgan fingerprint density at radius 3 is 2.80 bits per heavy atom. The number of alkyl halides is 3. The number of hydrogen-bond donors (Lipinski definition) is 1. The van der Waals surface area contributed by atoms with Crippen LogP contribution in [0.1, 0.15) is 21.5 Å². The van der Waals surface area contributed by atoms with Crippen molar-refractivity contribution in [2.75, 3.05) is 5.32 Å². The maximum absolute atomic E-state index is 12.2. The Morgan fingerprint density at radius 1 is 1.45 bits per heavy atom. The van der Waals surface area contributed by atoms with Crippen molar-refractivity contribution in [3.05, 3.63) is 34.3 Å². The van der Waals surface area contributed by atoms with E-state index in [0.29, 0.717) is 4.88 Å². The third-order valence-corrected chi connectivity index (χ3v) is 3.69. The number of anilines is 1. The lowest BCUT2D eigenvalue weighted by Gasteiger charge is -2.05. The monoisotopic (exact) mass is 303 g/mol. The molecule has 20 heavy (non-hydrogen) atoms. The molecule has 0 unspecified atom stereocenters. The van der Waals surface area contributed by atoms with E-state index in [-0.39, 0.29) is 11.6 Å². The van der Waals surface area contributed by atoms with Gasteiger partial charge in [-0.3, -0.25) is 9.48 Å². The van der Waals surface area contributed by atoms with Crippen molar-refractivity contribution in [3.63, 3.8) is 0 Å². The molecule has 4 nitrogen and oxygen atoms in total. The third-order valence-electron chi connectivity index (χ3n) is 2.47. The number of thiophene rings is 1. The normalized spacial score (nSPS) is 11.6. The smallest absolute Gasteiger partial charge is 0.319 e. The highest BCUT2D eigenvalue weighted by Gasteiger charge is 2.28. The first-order chi connectivity index (χ1) is 9.37. The average molecular weight is 303 g/mol. The SMILES string of the molecule is CCc1ccc(C(=O)Nc2cnn(CC(F)(F)F)c2)s1. The van der Waals surface area contributed by atoms with Crippen LogP contribution in [0.3, 0.4) is 0 Å². The van der Waals surface area contributed by atoms with Crippen molar-refractivity contribution < 1.29 is 18.0 Å². The van der Waals surface area contributed by atoms with Gasteiger partial charge in [-0.15, -0.1) is 11.3 Å². The van der Waals surface area contributed by atoms with Crippen LogP contribution in [0, 0.1) is 0 Å². The first-order valence-corrected chi connectivity index (χ1v) is 6.68. The standard InChI is InChI=1S/C12H12F3N3OS/c1-2-9-3-4-10(20-9)11(19)17-8-5-16-18(6-8)7-12(13,14)15/h3-6H,2,7H2,1H3,(H,17,19). The molecule has 0 spiro atoms. The van der Waals surface area contributed by atoms with E-state index in [2.05, 4.69) is 10.4 Å². The molecular formula is C12H12F3N3OS. The van der Waals surface area contributed by atoms with E-state index in [1.165, 1.54) is 17.5 Å². The molecule has 1 amide bonds. The van der Waals surface area contributed by atoms with Crippen molar-refractivity contribution in [2.45, 2.75) is 26.1 Å². The minimum atomic E-state index is -4.34. The topological polar surface area (TPSA) is 46.9 Å². The van der Waals surface area contributed by atoms with Crippen LogP contribution in [0.2, 0.25) is 0 Å². The summed E-state index contributed by atoms with van der Waals surface area (Å²) in [4.78, 5) is 13.5. The van der Waals surface area contributed by atoms with Crippen LogP contribution in [0.4, 0.5) is 18.9 Å². The summed E-state index contributed by atoms with van der Waals surface area (Å²) in [6.45, 7) is 0.802. The third kappa shape index (κ3) is 3.83. The zero-order chi connectivity index (χ0) is 14.8. The maximum Gasteiger partial charge on any atom is 0.408 e. The molecule has 0 aromatic carbocycles. The van der Waals surface area contributed by atoms with Gasteiger partial charge in [0.2, 0.25) is 0 Å². The number of hydrogen-bond acceptors (Lipinski definition) is 3. The van der Waals surface area contributed by atoms with Gasteiger partial charge in [-0.05, 0) is 18.6 Å². The number of aromatic nitrogens is 2. The molecule has 0 saturated carbocycles. The fraction of sp³-hybridized carbons (Fsp3) is 0.333. The van der Waals surface area contributed by atoms with Crippen LogP contribution in [-0.4, -0.2) is 21.9 Å². The fourth-order valence-electron chi connectivity index (χ4n) is 1.58. The van der Waals surface area contributed by atoms with E-state index in [9.17, 15) is 18.0 Å². The van der Waals surface area contributed by atoms with Gasteiger partial charge < -0.3 is 5.32 Å². The summed E-state index contributed by atoms with van der Waals surface area (Å²) in [7, 11) is 0. The molecule has 0 atom stereocenters. The molecule has 0 aliphatic heterocycles. The molecule has 2 aromatic rings. The number of aryl methyl sites for hydroxylation is 1. The largest absolute Gasteiger partial charge is 0.408 e. The van der Waals surface area contributed by atoms with Crippen LogP contribution >= 0.6 is 11.3 Å². The Labute approximate surface area is 117 Å². The minimum absolute atomic E-state index is 0.241. The van der Waals surface area contributed by atoms with Gasteiger partial charge in [-0.1, -0.05) is 6.92 Å². The second-order valence-corrected chi connectivity index (χ2v) is 5.28. The molecule has 0 fully saturated rings. The summed E-state index contributed by atoms with van der Waals surface area (Å²) < 4.78 is 37.3. The quantitative estimate of drug-likeness (QED) is 0.942. The fourth-order valence-corrected chi connectivity index (χ4v) is 2.42. The van der Waals surface area contributed by atoms with E-state index < -0.39 is 12.7 Å². The van der Waals surface area contributed by atoms with Crippen molar-refractivity contribution in [2.24, 2.45) is 0 Å². The van der Waals surface area contributed by atoms with E-state index in [1.54, 1.807) is 6.07 Å². The second-order valence-electron chi connectivity index (χ2n) is 4.12. The molecule has 8 heteroatoms. The van der Waals surface area contributed by atoms with Crippen LogP contribution < -0.4 is 5.32 Å². The highest BCUT2D eigenvalue weighted by atomic mass is 32.1. The zero-order valence-electron chi connectivity index (χ0n) is 10.6. The van der Waals surface area contributed by atoms with Crippen molar-refractivity contribution in [1.29, 1.82) is 0 Å². The van der Waals surface area contributed by atoms with Crippen LogP contribution in [0.25, 0.3) is 0 Å². The van der Waals surface area contributed by atoms with Gasteiger partial charge in [0.1, 0.15) is 6.54 Å². The Hall–Kier alpha value is -1.83. The number of carbonyl (C=O) groups excluding carboxylic acids is 1. The van der Waals surface area contributed by atoms with E-state index >= 15 is 0 Å². The Bertz CT molecular complexity index is 603. The average Bonchev–Trinajstić information content (AvgIpc) is 2.96. The number of nitrogens with zero attached hydrogens (tertiary/aromatic N) is 2. The Balaban J connectivity index is 2.01. The summed E-state index contributed by atoms with van der Waals surface area (Å²) in [5, 5.41) is 6.08. The van der Waals surface area contributed by atoms with Gasteiger partial charge in [0.05, 0.1) is 16.8 Å². The molecule has 1 N–H and O–H groups in total. The predicted octanol–water partition coefficient (Wildman–Crippen LogP) is 3.32. The van der Waals surface area contributed by atoms with Crippen LogP contribution in [-0.2, 0) is 13.0 Å². The van der Waals surface area contributed by atoms with E-state index in [4.69, 9.17) is 0 Å². The minimum Gasteiger partial charge on any atom is -0.319 e. The molecule has 0 saturated heterocycles. The van der Waals surface area contributed by atoms with E-state index in [1.807, 2.05) is 13.0 Å². The molecular weight excluding hydrogens is 291 g/mol. The lowest BCUT2D eigenvalue weighted by atomic mass is 10.3. The molecule has 2 heterocycles. The lowest BCUT2D eigenvalue weighted by molar-refractivity contribution is -0.142. The first-order valence-electron chi connectivity index (χ1n) is 5.86. The molecule has 0 radical (unpaired) electrons. The van der Waals surface area contributed by atoms with Crippen molar-refractivity contribution >= 4 is 22.9 Å². The summed E-state index contributed by atoms with van der Waals surface area (Å²) in [6.07, 6.45) is -1.16. The summed E-state index contributed by atoms with van der Waals surface area (Å²) >= 11 is 1.36. The lowest BCUT2D eigenvalue weighted by Crippen LogP contribution is -2.17. The van der Waals surface area contributed by atoms with E-state index in [0.717, 1.165) is 22.2 Å². The summed E-state index contributed by atoms with van der Waals surface area (Å²) in [5.41, 5.74) is 0.241. The van der Waals surface area contributed by atoms with Crippen LogP contribution in [0.15, 0.2) is 24.5 Å². The number of rotatable bonds is 4. The molecule has 2 rings (SSSR count). The highest BCUT2D eigenvalue weighted by molar-refractivity contribution is 7.14. The van der Waals surface area contributed by atoms with Gasteiger partial charge in [-0.25, -0.2) is 0 Å². The Kier molecular flexibility index (Phi) is 4.12. The van der Waals surface area contributed by atoms with Crippen molar-refractivity contribution in [3.8, 4) is 0 Å². The van der Waals surface area contributed by atoms with Gasteiger partial charge in [-0.2, -0.15) is 18.3 Å². The number of carbonyl (C=O) groups is 1. The Morgan fingerprint density at radius 2 is 2.20 bits per heavy atom. The maximum atomic E-state index is 12.2. The molecule has 2 aromatic heterocycles. The molecule has 0 bridgehead atoms. The van der Waals surface area contributed by atoms with Crippen molar-refractivity contribution in [1.82, 2.24) is 9.78 Å². The van der Waals surface area contributed by atoms with Gasteiger partial charge in [0, 0.05) is 11.1 Å².